The lowest BCUT2D eigenvalue weighted by Gasteiger charge is -2.42. The van der Waals surface area contributed by atoms with Crippen LogP contribution in [0.15, 0.2) is 12.3 Å². The molecule has 0 aliphatic carbocycles. The van der Waals surface area contributed by atoms with Crippen LogP contribution in [0.3, 0.4) is 0 Å². The Bertz CT molecular complexity index is 470. The first-order chi connectivity index (χ1) is 9.41. The summed E-state index contributed by atoms with van der Waals surface area (Å²) >= 11 is 0. The third-order valence-electron chi connectivity index (χ3n) is 3.44. The van der Waals surface area contributed by atoms with Gasteiger partial charge in [-0.15, -0.1) is 0 Å². The number of nitrogens with zero attached hydrogens (tertiary/aromatic N) is 3. The van der Waals surface area contributed by atoms with E-state index in [0.29, 0.717) is 26.1 Å². The van der Waals surface area contributed by atoms with Crippen LogP contribution in [-0.2, 0) is 27.7 Å². The molecule has 0 aromatic carbocycles. The molecule has 6 nitrogen and oxygen atoms in total. The molecule has 0 radical (unpaired) electrons. The minimum atomic E-state index is -0.344. The van der Waals surface area contributed by atoms with Crippen molar-refractivity contribution in [2.75, 3.05) is 26.8 Å². The highest BCUT2D eigenvalue weighted by molar-refractivity contribution is 5.78. The second kappa shape index (κ2) is 5.93. The van der Waals surface area contributed by atoms with Crippen molar-refractivity contribution < 1.29 is 14.3 Å². The van der Waals surface area contributed by atoms with Crippen LogP contribution in [0.4, 0.5) is 0 Å². The Hall–Kier alpha value is -1.40. The van der Waals surface area contributed by atoms with E-state index in [0.717, 1.165) is 5.69 Å². The van der Waals surface area contributed by atoms with Crippen LogP contribution in [0.1, 0.15) is 19.5 Å². The summed E-state index contributed by atoms with van der Waals surface area (Å²) in [6, 6.07) is 1.87. The number of amides is 1. The van der Waals surface area contributed by atoms with E-state index in [4.69, 9.17) is 9.47 Å². The SMILES string of the molecule is COC[C@@H]1CN(C(=O)Cc2ccnn2C)CC(C)(C)O1. The second-order valence-electron chi connectivity index (χ2n) is 5.85. The molecular formula is C14H23N3O3. The number of hydrogen-bond acceptors (Lipinski definition) is 4. The molecule has 0 saturated carbocycles. The van der Waals surface area contributed by atoms with Gasteiger partial charge in [0.25, 0.3) is 0 Å². The zero-order valence-electron chi connectivity index (χ0n) is 12.6. The zero-order valence-corrected chi connectivity index (χ0v) is 12.6. The molecule has 112 valence electrons. The molecule has 20 heavy (non-hydrogen) atoms. The molecule has 1 fully saturated rings. The molecule has 1 atom stereocenters. The average Bonchev–Trinajstić information content (AvgIpc) is 2.73. The average molecular weight is 281 g/mol. The summed E-state index contributed by atoms with van der Waals surface area (Å²) in [5.74, 6) is 0.103. The normalized spacial score (nSPS) is 22.0. The molecule has 2 heterocycles. The fraction of sp³-hybridized carbons (Fsp3) is 0.714. The van der Waals surface area contributed by atoms with Crippen molar-refractivity contribution in [3.8, 4) is 0 Å². The van der Waals surface area contributed by atoms with Crippen LogP contribution >= 0.6 is 0 Å². The number of hydrogen-bond donors (Lipinski definition) is 0. The summed E-state index contributed by atoms with van der Waals surface area (Å²) in [6.07, 6.45) is 2.01. The first kappa shape index (κ1) is 15.0. The van der Waals surface area contributed by atoms with E-state index in [1.807, 2.05) is 31.9 Å². The summed E-state index contributed by atoms with van der Waals surface area (Å²) in [6.45, 7) is 5.68. The molecule has 1 aliphatic heterocycles. The smallest absolute Gasteiger partial charge is 0.228 e. The number of rotatable bonds is 4. The first-order valence-corrected chi connectivity index (χ1v) is 6.83. The molecule has 6 heteroatoms. The largest absolute Gasteiger partial charge is 0.382 e. The first-order valence-electron chi connectivity index (χ1n) is 6.83. The van der Waals surface area contributed by atoms with E-state index in [2.05, 4.69) is 5.10 Å². The summed E-state index contributed by atoms with van der Waals surface area (Å²) in [4.78, 5) is 14.3. The van der Waals surface area contributed by atoms with E-state index in [1.165, 1.54) is 0 Å². The fourth-order valence-electron chi connectivity index (χ4n) is 2.60. The number of morpholine rings is 1. The van der Waals surface area contributed by atoms with Gasteiger partial charge in [-0.3, -0.25) is 9.48 Å². The Labute approximate surface area is 119 Å². The van der Waals surface area contributed by atoms with Gasteiger partial charge in [-0.2, -0.15) is 5.10 Å². The van der Waals surface area contributed by atoms with Crippen molar-refractivity contribution in [3.05, 3.63) is 18.0 Å². The Balaban J connectivity index is 2.03. The van der Waals surface area contributed by atoms with Crippen molar-refractivity contribution >= 4 is 5.91 Å². The van der Waals surface area contributed by atoms with E-state index >= 15 is 0 Å². The number of carbonyl (C=O) groups excluding carboxylic acids is 1. The lowest BCUT2D eigenvalue weighted by atomic mass is 10.0. The lowest BCUT2D eigenvalue weighted by Crippen LogP contribution is -2.56. The Morgan fingerprint density at radius 1 is 1.60 bits per heavy atom. The molecule has 1 aliphatic rings. The van der Waals surface area contributed by atoms with Crippen molar-refractivity contribution in [2.45, 2.75) is 32.0 Å². The molecular weight excluding hydrogens is 258 g/mol. The van der Waals surface area contributed by atoms with Crippen LogP contribution in [0, 0.1) is 0 Å². The minimum absolute atomic E-state index is 0.0702. The highest BCUT2D eigenvalue weighted by Gasteiger charge is 2.35. The number of ether oxygens (including phenoxy) is 2. The maximum atomic E-state index is 12.4. The summed E-state index contributed by atoms with van der Waals surface area (Å²) < 4.78 is 12.8. The van der Waals surface area contributed by atoms with Gasteiger partial charge in [0.05, 0.1) is 24.7 Å². The number of methoxy groups -OCH3 is 1. The Morgan fingerprint density at radius 2 is 2.35 bits per heavy atom. The molecule has 0 bridgehead atoms. The molecule has 0 N–H and O–H groups in total. The lowest BCUT2D eigenvalue weighted by molar-refractivity contribution is -0.168. The van der Waals surface area contributed by atoms with Gasteiger partial charge >= 0.3 is 0 Å². The predicted molar refractivity (Wildman–Crippen MR) is 74.3 cm³/mol. The minimum Gasteiger partial charge on any atom is -0.382 e. The molecule has 0 unspecified atom stereocenters. The van der Waals surface area contributed by atoms with Crippen LogP contribution < -0.4 is 0 Å². The van der Waals surface area contributed by atoms with Gasteiger partial charge in [0, 0.05) is 39.1 Å². The van der Waals surface area contributed by atoms with E-state index < -0.39 is 0 Å². The highest BCUT2D eigenvalue weighted by Crippen LogP contribution is 2.21. The molecule has 0 spiro atoms. The summed E-state index contributed by atoms with van der Waals surface area (Å²) in [5.41, 5.74) is 0.575. The molecule has 2 rings (SSSR count). The summed E-state index contributed by atoms with van der Waals surface area (Å²) in [7, 11) is 3.49. The van der Waals surface area contributed by atoms with Crippen LogP contribution in [0.2, 0.25) is 0 Å². The van der Waals surface area contributed by atoms with Crippen molar-refractivity contribution in [1.82, 2.24) is 14.7 Å². The standard InChI is InChI=1S/C14H23N3O3/c1-14(2)10-17(8-12(20-14)9-19-4)13(18)7-11-5-6-15-16(11)3/h5-6,12H,7-10H2,1-4H3/t12-/m0/s1. The van der Waals surface area contributed by atoms with Gasteiger partial charge < -0.3 is 14.4 Å². The van der Waals surface area contributed by atoms with Gasteiger partial charge in [0.2, 0.25) is 5.91 Å². The van der Waals surface area contributed by atoms with Crippen LogP contribution in [-0.4, -0.2) is 59.1 Å². The van der Waals surface area contributed by atoms with E-state index in [-0.39, 0.29) is 17.6 Å². The van der Waals surface area contributed by atoms with Gasteiger partial charge in [-0.05, 0) is 19.9 Å². The quantitative estimate of drug-likeness (QED) is 0.811. The van der Waals surface area contributed by atoms with Gasteiger partial charge in [-0.25, -0.2) is 0 Å². The maximum Gasteiger partial charge on any atom is 0.228 e. The van der Waals surface area contributed by atoms with Crippen LogP contribution in [0.25, 0.3) is 0 Å². The molecule has 1 aromatic rings. The topological polar surface area (TPSA) is 56.6 Å². The molecule has 1 saturated heterocycles. The van der Waals surface area contributed by atoms with Crippen LogP contribution in [0.5, 0.6) is 0 Å². The van der Waals surface area contributed by atoms with Gasteiger partial charge in [0.15, 0.2) is 0 Å². The molecule has 1 amide bonds. The third kappa shape index (κ3) is 3.58. The van der Waals surface area contributed by atoms with E-state index in [1.54, 1.807) is 18.0 Å². The zero-order chi connectivity index (χ0) is 14.8. The fourth-order valence-corrected chi connectivity index (χ4v) is 2.60. The summed E-state index contributed by atoms with van der Waals surface area (Å²) in [5, 5.41) is 4.09. The second-order valence-corrected chi connectivity index (χ2v) is 5.85. The number of aromatic nitrogens is 2. The number of aryl methyl sites for hydroxylation is 1. The van der Waals surface area contributed by atoms with Gasteiger partial charge in [0.1, 0.15) is 0 Å². The monoisotopic (exact) mass is 281 g/mol. The predicted octanol–water partition coefficient (Wildman–Crippen LogP) is 0.615. The van der Waals surface area contributed by atoms with Gasteiger partial charge in [-0.1, -0.05) is 0 Å². The van der Waals surface area contributed by atoms with Crippen molar-refractivity contribution in [3.63, 3.8) is 0 Å². The Kier molecular flexibility index (Phi) is 4.45. The number of carbonyl (C=O) groups is 1. The van der Waals surface area contributed by atoms with Crippen molar-refractivity contribution in [1.29, 1.82) is 0 Å². The van der Waals surface area contributed by atoms with Crippen molar-refractivity contribution in [2.24, 2.45) is 7.05 Å². The Morgan fingerprint density at radius 3 is 2.95 bits per heavy atom. The van der Waals surface area contributed by atoms with E-state index in [9.17, 15) is 4.79 Å². The highest BCUT2D eigenvalue weighted by atomic mass is 16.5. The molecule has 1 aromatic heterocycles. The third-order valence-corrected chi connectivity index (χ3v) is 3.44. The maximum absolute atomic E-state index is 12.4.